The quantitative estimate of drug-likeness (QED) is 0.304. The van der Waals surface area contributed by atoms with Crippen LogP contribution in [-0.4, -0.2) is 36.2 Å². The molecule has 3 atom stereocenters. The van der Waals surface area contributed by atoms with E-state index in [0.29, 0.717) is 17.7 Å². The zero-order valence-electron chi connectivity index (χ0n) is 18.4. The number of benzene rings is 2. The van der Waals surface area contributed by atoms with Crippen molar-refractivity contribution in [3.63, 3.8) is 0 Å². The molecule has 174 valence electrons. The number of nitrogens with one attached hydrogen (secondary N) is 2. The number of esters is 1. The second-order valence-electron chi connectivity index (χ2n) is 8.16. The third-order valence-corrected chi connectivity index (χ3v) is 5.92. The largest absolute Gasteiger partial charge is 0.452 e. The molecular formula is C25H23N3O6. The number of hydrogen-bond acceptors (Lipinski definition) is 6. The number of imide groups is 1. The third-order valence-electron chi connectivity index (χ3n) is 5.92. The van der Waals surface area contributed by atoms with E-state index in [1.165, 1.54) is 29.2 Å². The molecule has 1 aliphatic carbocycles. The van der Waals surface area contributed by atoms with Crippen molar-refractivity contribution in [2.24, 2.45) is 17.8 Å². The van der Waals surface area contributed by atoms with Gasteiger partial charge >= 0.3 is 5.97 Å². The Morgan fingerprint density at radius 2 is 1.65 bits per heavy atom. The summed E-state index contributed by atoms with van der Waals surface area (Å²) in [6.45, 7) is 1.32. The van der Waals surface area contributed by atoms with Gasteiger partial charge in [0, 0.05) is 5.56 Å². The van der Waals surface area contributed by atoms with Crippen molar-refractivity contribution >= 4 is 35.3 Å². The minimum absolute atomic E-state index is 0.0157. The van der Waals surface area contributed by atoms with Crippen molar-refractivity contribution in [1.82, 2.24) is 10.9 Å². The molecule has 1 saturated heterocycles. The molecule has 0 bridgehead atoms. The molecule has 9 nitrogen and oxygen atoms in total. The molecule has 4 rings (SSSR count). The molecule has 2 aliphatic rings. The average molecular weight is 461 g/mol. The molecule has 34 heavy (non-hydrogen) atoms. The smallest absolute Gasteiger partial charge is 0.338 e. The number of rotatable bonds is 5. The van der Waals surface area contributed by atoms with Gasteiger partial charge in [-0.05, 0) is 48.7 Å². The van der Waals surface area contributed by atoms with Gasteiger partial charge in [-0.3, -0.25) is 34.9 Å². The zero-order valence-corrected chi connectivity index (χ0v) is 18.4. The summed E-state index contributed by atoms with van der Waals surface area (Å²) in [5.41, 5.74) is 5.29. The van der Waals surface area contributed by atoms with Crippen LogP contribution in [0.25, 0.3) is 0 Å². The van der Waals surface area contributed by atoms with E-state index in [9.17, 15) is 24.0 Å². The number of anilines is 1. The predicted molar refractivity (Wildman–Crippen MR) is 121 cm³/mol. The number of hydrogen-bond donors (Lipinski definition) is 2. The van der Waals surface area contributed by atoms with Crippen LogP contribution in [0, 0.1) is 17.8 Å². The fraction of sp³-hybridized carbons (Fsp3) is 0.240. The molecule has 1 heterocycles. The van der Waals surface area contributed by atoms with E-state index >= 15 is 0 Å². The molecule has 1 aliphatic heterocycles. The van der Waals surface area contributed by atoms with Gasteiger partial charge in [-0.25, -0.2) is 4.79 Å². The summed E-state index contributed by atoms with van der Waals surface area (Å²) in [4.78, 5) is 62.9. The molecular weight excluding hydrogens is 438 g/mol. The summed E-state index contributed by atoms with van der Waals surface area (Å²) in [6, 6.07) is 14.2. The van der Waals surface area contributed by atoms with Crippen LogP contribution in [0.15, 0.2) is 66.7 Å². The first-order chi connectivity index (χ1) is 16.4. The van der Waals surface area contributed by atoms with Gasteiger partial charge in [-0.15, -0.1) is 0 Å². The Morgan fingerprint density at radius 1 is 0.941 bits per heavy atom. The van der Waals surface area contributed by atoms with Crippen molar-refractivity contribution in [1.29, 1.82) is 0 Å². The average Bonchev–Trinajstić information content (AvgIpc) is 3.12. The first-order valence-electron chi connectivity index (χ1n) is 10.8. The number of carbonyl (C=O) groups excluding carboxylic acids is 5. The lowest BCUT2D eigenvalue weighted by Crippen LogP contribution is -2.43. The maximum absolute atomic E-state index is 12.9. The fourth-order valence-corrected chi connectivity index (χ4v) is 4.19. The number of fused-ring (bicyclic) bond motifs is 1. The Hall–Kier alpha value is -4.27. The van der Waals surface area contributed by atoms with E-state index in [4.69, 9.17) is 4.74 Å². The molecule has 9 heteroatoms. The van der Waals surface area contributed by atoms with E-state index in [2.05, 4.69) is 10.9 Å². The number of ether oxygens (including phenoxy) is 1. The molecule has 2 aromatic carbocycles. The van der Waals surface area contributed by atoms with Crippen LogP contribution >= 0.6 is 0 Å². The van der Waals surface area contributed by atoms with Gasteiger partial charge in [0.15, 0.2) is 6.61 Å². The molecule has 2 N–H and O–H groups in total. The van der Waals surface area contributed by atoms with Crippen molar-refractivity contribution < 1.29 is 28.7 Å². The Balaban J connectivity index is 1.30. The summed E-state index contributed by atoms with van der Waals surface area (Å²) in [7, 11) is 0. The van der Waals surface area contributed by atoms with Gasteiger partial charge in [0.1, 0.15) is 0 Å². The van der Waals surface area contributed by atoms with Gasteiger partial charge in [-0.1, -0.05) is 37.3 Å². The molecule has 1 fully saturated rings. The summed E-state index contributed by atoms with van der Waals surface area (Å²) in [5.74, 6) is -3.22. The van der Waals surface area contributed by atoms with Gasteiger partial charge in [0.2, 0.25) is 11.8 Å². The molecule has 4 amide bonds. The molecule has 0 aromatic heterocycles. The van der Waals surface area contributed by atoms with Crippen LogP contribution in [-0.2, 0) is 19.1 Å². The van der Waals surface area contributed by atoms with Crippen LogP contribution in [0.2, 0.25) is 0 Å². The van der Waals surface area contributed by atoms with Gasteiger partial charge in [0.25, 0.3) is 11.8 Å². The highest BCUT2D eigenvalue weighted by Gasteiger charge is 2.50. The lowest BCUT2D eigenvalue weighted by Gasteiger charge is -2.22. The van der Waals surface area contributed by atoms with E-state index < -0.39 is 24.4 Å². The van der Waals surface area contributed by atoms with Crippen LogP contribution < -0.4 is 15.8 Å². The molecule has 2 aromatic rings. The number of hydrazine groups is 1. The Bertz CT molecular complexity index is 1160. The lowest BCUT2D eigenvalue weighted by molar-refractivity contribution is -0.125. The molecule has 0 spiro atoms. The molecule has 0 unspecified atom stereocenters. The monoisotopic (exact) mass is 461 g/mol. The van der Waals surface area contributed by atoms with Gasteiger partial charge < -0.3 is 4.74 Å². The van der Waals surface area contributed by atoms with E-state index in [-0.39, 0.29) is 35.1 Å². The number of nitrogens with zero attached hydrogens (tertiary/aromatic N) is 1. The van der Waals surface area contributed by atoms with Crippen molar-refractivity contribution in [2.75, 3.05) is 11.5 Å². The maximum Gasteiger partial charge on any atom is 0.338 e. The maximum atomic E-state index is 12.9. The number of allylic oxidation sites excluding steroid dienone is 2. The summed E-state index contributed by atoms with van der Waals surface area (Å²) in [6.07, 6.45) is 4.43. The summed E-state index contributed by atoms with van der Waals surface area (Å²) >= 11 is 0. The minimum atomic E-state index is -0.762. The topological polar surface area (TPSA) is 122 Å². The highest BCUT2D eigenvalue weighted by atomic mass is 16.5. The number of carbonyl (C=O) groups is 5. The van der Waals surface area contributed by atoms with E-state index in [1.54, 1.807) is 30.3 Å². The summed E-state index contributed by atoms with van der Waals surface area (Å²) in [5, 5.41) is 0. The number of amides is 4. The normalized spacial score (nSPS) is 21.1. The van der Waals surface area contributed by atoms with Crippen LogP contribution in [0.5, 0.6) is 0 Å². The van der Waals surface area contributed by atoms with Crippen LogP contribution in [0.3, 0.4) is 0 Å². The minimum Gasteiger partial charge on any atom is -0.452 e. The summed E-state index contributed by atoms with van der Waals surface area (Å²) < 4.78 is 4.97. The van der Waals surface area contributed by atoms with Crippen LogP contribution in [0.1, 0.15) is 34.1 Å². The van der Waals surface area contributed by atoms with Crippen molar-refractivity contribution in [3.8, 4) is 0 Å². The highest BCUT2D eigenvalue weighted by Crippen LogP contribution is 2.40. The molecule has 0 saturated carbocycles. The Labute approximate surface area is 195 Å². The highest BCUT2D eigenvalue weighted by molar-refractivity contribution is 6.22. The van der Waals surface area contributed by atoms with Crippen molar-refractivity contribution in [2.45, 2.75) is 13.3 Å². The van der Waals surface area contributed by atoms with Crippen molar-refractivity contribution in [3.05, 3.63) is 77.9 Å². The predicted octanol–water partition coefficient (Wildman–Crippen LogP) is 2.01. The Morgan fingerprint density at radius 3 is 2.32 bits per heavy atom. The second kappa shape index (κ2) is 9.70. The first-order valence-corrected chi connectivity index (χ1v) is 10.8. The first kappa shape index (κ1) is 22.9. The van der Waals surface area contributed by atoms with Gasteiger partial charge in [-0.2, -0.15) is 0 Å². The van der Waals surface area contributed by atoms with Crippen LogP contribution in [0.4, 0.5) is 5.69 Å². The van der Waals surface area contributed by atoms with E-state index in [1.807, 2.05) is 19.1 Å². The standard InChI is InChI=1S/C25H23N3O6/c1-15-6-5-9-19-21(15)24(32)28(23(19)31)18-12-10-17(11-13-18)25(33)34-14-20(29)26-27-22(30)16-7-3-2-4-8-16/h2-8,10-13,15,19,21H,9,14H2,1H3,(H,26,29)(H,27,30)/t15-,19+,21-/m1/s1. The SMILES string of the molecule is C[C@@H]1C=CC[C@@H]2C(=O)N(c3ccc(C(=O)OCC(=O)NNC(=O)c4ccccc4)cc3)C(=O)[C@H]12. The second-order valence-corrected chi connectivity index (χ2v) is 8.16. The third kappa shape index (κ3) is 4.59. The van der Waals surface area contributed by atoms with Gasteiger partial charge in [0.05, 0.1) is 23.1 Å². The molecule has 0 radical (unpaired) electrons. The zero-order chi connectivity index (χ0) is 24.2. The fourth-order valence-electron chi connectivity index (χ4n) is 4.19. The lowest BCUT2D eigenvalue weighted by atomic mass is 9.78. The van der Waals surface area contributed by atoms with E-state index in [0.717, 1.165) is 0 Å². The Kier molecular flexibility index (Phi) is 6.53.